The van der Waals surface area contributed by atoms with Gasteiger partial charge in [-0.25, -0.2) is 4.98 Å². The Hall–Kier alpha value is -1.27. The maximum absolute atomic E-state index is 10.8. The lowest BCUT2D eigenvalue weighted by Gasteiger charge is -2.23. The topological polar surface area (TPSA) is 51.6 Å². The van der Waals surface area contributed by atoms with E-state index in [-0.39, 0.29) is 0 Å². The molecule has 2 rings (SSSR count). The number of aryl methyl sites for hydroxylation is 2. The van der Waals surface area contributed by atoms with E-state index in [0.717, 1.165) is 27.8 Å². The van der Waals surface area contributed by atoms with Gasteiger partial charge < -0.3 is 14.6 Å². The van der Waals surface area contributed by atoms with Gasteiger partial charge in [0.25, 0.3) is 0 Å². The van der Waals surface area contributed by atoms with E-state index in [4.69, 9.17) is 9.47 Å². The Balaban J connectivity index is 2.55. The Morgan fingerprint density at radius 2 is 1.64 bits per heavy atom. The lowest BCUT2D eigenvalue weighted by Crippen LogP contribution is -2.12. The highest BCUT2D eigenvalue weighted by Crippen LogP contribution is 2.33. The maximum Gasteiger partial charge on any atom is 0.183 e. The van der Waals surface area contributed by atoms with Gasteiger partial charge in [0.2, 0.25) is 0 Å². The summed E-state index contributed by atoms with van der Waals surface area (Å²) in [6, 6.07) is 7.58. The second-order valence-corrected chi connectivity index (χ2v) is 6.00. The van der Waals surface area contributed by atoms with Crippen LogP contribution in [0.15, 0.2) is 35.1 Å². The van der Waals surface area contributed by atoms with E-state index in [0.29, 0.717) is 4.60 Å². The Morgan fingerprint density at radius 3 is 2.18 bits per heavy atom. The first kappa shape index (κ1) is 17.1. The van der Waals surface area contributed by atoms with E-state index in [1.54, 1.807) is 32.5 Å². The van der Waals surface area contributed by atoms with Crippen molar-refractivity contribution in [1.29, 1.82) is 0 Å². The van der Waals surface area contributed by atoms with Gasteiger partial charge in [-0.3, -0.25) is 0 Å². The summed E-state index contributed by atoms with van der Waals surface area (Å²) in [5.74, 6) is 0. The molecule has 0 radical (unpaired) electrons. The molecule has 1 aromatic carbocycles. The molecular formula is C17H20BrNO3. The van der Waals surface area contributed by atoms with Crippen LogP contribution >= 0.6 is 15.9 Å². The maximum atomic E-state index is 10.8. The summed E-state index contributed by atoms with van der Waals surface area (Å²) in [6.07, 6.45) is 0.364. The Kier molecular flexibility index (Phi) is 5.69. The molecule has 0 amide bonds. The fraction of sp³-hybridized carbons (Fsp3) is 0.353. The first-order valence-electron chi connectivity index (χ1n) is 6.94. The van der Waals surface area contributed by atoms with Crippen LogP contribution in [-0.4, -0.2) is 24.3 Å². The normalized spacial score (nSPS) is 12.7. The Bertz CT molecular complexity index is 656. The van der Waals surface area contributed by atoms with Crippen LogP contribution in [0.3, 0.4) is 0 Å². The summed E-state index contributed by atoms with van der Waals surface area (Å²) < 4.78 is 11.4. The monoisotopic (exact) mass is 365 g/mol. The molecule has 1 N–H and O–H groups in total. The van der Waals surface area contributed by atoms with Crippen LogP contribution in [-0.2, 0) is 9.47 Å². The molecule has 1 atom stereocenters. The van der Waals surface area contributed by atoms with Crippen molar-refractivity contribution in [3.63, 3.8) is 0 Å². The van der Waals surface area contributed by atoms with Crippen molar-refractivity contribution in [3.8, 4) is 0 Å². The minimum absolute atomic E-state index is 0.519. The van der Waals surface area contributed by atoms with E-state index in [1.807, 2.05) is 26.0 Å². The number of benzene rings is 1. The summed E-state index contributed by atoms with van der Waals surface area (Å²) in [5.41, 5.74) is 4.60. The van der Waals surface area contributed by atoms with Crippen LogP contribution in [0.4, 0.5) is 0 Å². The third kappa shape index (κ3) is 3.55. The lowest BCUT2D eigenvalue weighted by atomic mass is 9.93. The van der Waals surface area contributed by atoms with E-state index in [9.17, 15) is 5.11 Å². The second-order valence-electron chi connectivity index (χ2n) is 5.18. The molecule has 0 aliphatic carbocycles. The van der Waals surface area contributed by atoms with Crippen LogP contribution in [0.2, 0.25) is 0 Å². The molecule has 0 spiro atoms. The molecule has 5 heteroatoms. The molecule has 0 fully saturated rings. The van der Waals surface area contributed by atoms with Gasteiger partial charge in [0, 0.05) is 26.0 Å². The van der Waals surface area contributed by atoms with E-state index in [1.165, 1.54) is 0 Å². The molecule has 1 unspecified atom stereocenters. The van der Waals surface area contributed by atoms with Crippen molar-refractivity contribution in [2.45, 2.75) is 26.2 Å². The Morgan fingerprint density at radius 1 is 1.05 bits per heavy atom. The SMILES string of the molecule is COC(OC)c1cc(C)c(C)cc1C(O)c1ccnc(Br)c1. The van der Waals surface area contributed by atoms with Crippen molar-refractivity contribution < 1.29 is 14.6 Å². The van der Waals surface area contributed by atoms with Gasteiger partial charge >= 0.3 is 0 Å². The van der Waals surface area contributed by atoms with Gasteiger partial charge in [0.05, 0.1) is 0 Å². The molecule has 22 heavy (non-hydrogen) atoms. The summed E-state index contributed by atoms with van der Waals surface area (Å²) in [4.78, 5) is 4.09. The molecule has 0 aliphatic heterocycles. The van der Waals surface area contributed by atoms with Crippen LogP contribution in [0.5, 0.6) is 0 Å². The van der Waals surface area contributed by atoms with Gasteiger partial charge in [-0.1, -0.05) is 12.1 Å². The number of aromatic nitrogens is 1. The first-order valence-corrected chi connectivity index (χ1v) is 7.73. The zero-order valence-electron chi connectivity index (χ0n) is 13.1. The molecule has 4 nitrogen and oxygen atoms in total. The quantitative estimate of drug-likeness (QED) is 0.646. The number of pyridine rings is 1. The molecule has 118 valence electrons. The summed E-state index contributed by atoms with van der Waals surface area (Å²) in [6.45, 7) is 4.05. The predicted octanol–water partition coefficient (Wildman–Crippen LogP) is 3.83. The minimum atomic E-state index is -0.776. The zero-order valence-corrected chi connectivity index (χ0v) is 14.7. The molecule has 0 saturated carbocycles. The number of aliphatic hydroxyl groups is 1. The van der Waals surface area contributed by atoms with Crippen LogP contribution in [0.25, 0.3) is 0 Å². The average molecular weight is 366 g/mol. The molecule has 0 saturated heterocycles. The highest BCUT2D eigenvalue weighted by molar-refractivity contribution is 9.10. The molecule has 2 aromatic rings. The van der Waals surface area contributed by atoms with Gasteiger partial charge in [0.1, 0.15) is 10.7 Å². The third-order valence-electron chi connectivity index (χ3n) is 3.74. The highest BCUT2D eigenvalue weighted by atomic mass is 79.9. The highest BCUT2D eigenvalue weighted by Gasteiger charge is 2.22. The zero-order chi connectivity index (χ0) is 16.3. The van der Waals surface area contributed by atoms with Crippen LogP contribution < -0.4 is 0 Å². The summed E-state index contributed by atoms with van der Waals surface area (Å²) >= 11 is 3.33. The van der Waals surface area contributed by atoms with Crippen molar-refractivity contribution in [1.82, 2.24) is 4.98 Å². The number of methoxy groups -OCH3 is 2. The van der Waals surface area contributed by atoms with Gasteiger partial charge in [-0.2, -0.15) is 0 Å². The number of hydrogen-bond donors (Lipinski definition) is 1. The molecule has 1 heterocycles. The Labute approximate surface area is 139 Å². The lowest BCUT2D eigenvalue weighted by molar-refractivity contribution is -0.107. The van der Waals surface area contributed by atoms with E-state index in [2.05, 4.69) is 20.9 Å². The second kappa shape index (κ2) is 7.33. The smallest absolute Gasteiger partial charge is 0.183 e. The largest absolute Gasteiger partial charge is 0.384 e. The predicted molar refractivity (Wildman–Crippen MR) is 88.7 cm³/mol. The van der Waals surface area contributed by atoms with Gasteiger partial charge in [-0.05, 0) is 64.2 Å². The third-order valence-corrected chi connectivity index (χ3v) is 4.18. The fourth-order valence-electron chi connectivity index (χ4n) is 2.42. The molecule has 0 bridgehead atoms. The number of ether oxygens (including phenoxy) is 2. The van der Waals surface area contributed by atoms with Crippen molar-refractivity contribution in [3.05, 3.63) is 62.9 Å². The van der Waals surface area contributed by atoms with Crippen molar-refractivity contribution in [2.75, 3.05) is 14.2 Å². The minimum Gasteiger partial charge on any atom is -0.384 e. The summed E-state index contributed by atoms with van der Waals surface area (Å²) in [5, 5.41) is 10.8. The van der Waals surface area contributed by atoms with Crippen LogP contribution in [0, 0.1) is 13.8 Å². The van der Waals surface area contributed by atoms with Gasteiger partial charge in [0.15, 0.2) is 6.29 Å². The van der Waals surface area contributed by atoms with Crippen LogP contribution in [0.1, 0.15) is 40.2 Å². The standard InChI is InChI=1S/C17H20BrNO3/c1-10-7-13(14(8-11(10)2)17(21-3)22-4)16(20)12-5-6-19-15(18)9-12/h5-9,16-17,20H,1-4H3. The number of nitrogens with zero attached hydrogens (tertiary/aromatic N) is 1. The average Bonchev–Trinajstić information content (AvgIpc) is 2.51. The van der Waals surface area contributed by atoms with Gasteiger partial charge in [-0.15, -0.1) is 0 Å². The number of rotatable bonds is 5. The first-order chi connectivity index (χ1) is 10.5. The number of hydrogen-bond acceptors (Lipinski definition) is 4. The van der Waals surface area contributed by atoms with E-state index < -0.39 is 12.4 Å². The fourth-order valence-corrected chi connectivity index (χ4v) is 2.80. The number of halogens is 1. The van der Waals surface area contributed by atoms with Crippen molar-refractivity contribution >= 4 is 15.9 Å². The molecule has 1 aromatic heterocycles. The summed E-state index contributed by atoms with van der Waals surface area (Å²) in [7, 11) is 3.17. The van der Waals surface area contributed by atoms with Crippen molar-refractivity contribution in [2.24, 2.45) is 0 Å². The molecule has 0 aliphatic rings. The number of aliphatic hydroxyl groups excluding tert-OH is 1. The van der Waals surface area contributed by atoms with E-state index >= 15 is 0 Å². The molecular weight excluding hydrogens is 346 g/mol.